The molecule has 0 amide bonds. The monoisotopic (exact) mass is 310 g/mol. The topological polar surface area (TPSA) is 65.1 Å². The average Bonchev–Trinajstić information content (AvgIpc) is 2.42. The zero-order chi connectivity index (χ0) is 14.5. The number of halogens is 1. The zero-order valence-corrected chi connectivity index (χ0v) is 12.4. The van der Waals surface area contributed by atoms with Crippen LogP contribution in [-0.2, 0) is 23.1 Å². The van der Waals surface area contributed by atoms with Crippen molar-refractivity contribution in [3.63, 3.8) is 0 Å². The lowest BCUT2D eigenvalue weighted by atomic mass is 10.2. The van der Waals surface area contributed by atoms with Gasteiger partial charge in [0.2, 0.25) is 0 Å². The molecule has 6 heteroatoms. The molecule has 1 aromatic heterocycles. The Bertz CT molecular complexity index is 668. The summed E-state index contributed by atoms with van der Waals surface area (Å²) in [5.41, 5.74) is 6.97. The lowest BCUT2D eigenvalue weighted by Gasteiger charge is -2.06. The van der Waals surface area contributed by atoms with Crippen molar-refractivity contribution in [3.05, 3.63) is 63.5 Å². The molecule has 0 saturated carbocycles. The Kier molecular flexibility index (Phi) is 4.98. The second-order valence-electron chi connectivity index (χ2n) is 4.41. The van der Waals surface area contributed by atoms with Crippen LogP contribution in [0.4, 0.5) is 5.69 Å². The predicted molar refractivity (Wildman–Crippen MR) is 83.3 cm³/mol. The van der Waals surface area contributed by atoms with Crippen LogP contribution in [0.3, 0.4) is 0 Å². The highest BCUT2D eigenvalue weighted by Gasteiger charge is 2.04. The number of nitrogens with zero attached hydrogens (tertiary/aromatic N) is 1. The second kappa shape index (κ2) is 6.72. The standard InChI is InChI=1S/C14H15ClN2O2S/c15-12-3-1-11(2-4-12)10-20(19)8-7-17-9-13(16)5-6-14(17)18/h1-6,9H,7-8,10,16H2. The van der Waals surface area contributed by atoms with Crippen LogP contribution in [0.15, 0.2) is 47.4 Å². The lowest BCUT2D eigenvalue weighted by molar-refractivity contribution is 0.669. The number of rotatable bonds is 5. The van der Waals surface area contributed by atoms with Crippen LogP contribution in [0.1, 0.15) is 5.56 Å². The van der Waals surface area contributed by atoms with E-state index in [0.29, 0.717) is 28.8 Å². The van der Waals surface area contributed by atoms with Gasteiger partial charge in [0.1, 0.15) is 0 Å². The minimum absolute atomic E-state index is 0.136. The molecule has 0 saturated heterocycles. The smallest absolute Gasteiger partial charge is 0.250 e. The highest BCUT2D eigenvalue weighted by molar-refractivity contribution is 7.84. The zero-order valence-electron chi connectivity index (χ0n) is 10.8. The third-order valence-electron chi connectivity index (χ3n) is 2.81. The molecule has 1 unspecified atom stereocenters. The van der Waals surface area contributed by atoms with Gasteiger partial charge in [-0.25, -0.2) is 0 Å². The van der Waals surface area contributed by atoms with Crippen molar-refractivity contribution in [3.8, 4) is 0 Å². The van der Waals surface area contributed by atoms with Crippen LogP contribution in [-0.4, -0.2) is 14.5 Å². The van der Waals surface area contributed by atoms with Crippen molar-refractivity contribution in [1.82, 2.24) is 4.57 Å². The highest BCUT2D eigenvalue weighted by Crippen LogP contribution is 2.11. The summed E-state index contributed by atoms with van der Waals surface area (Å²) in [7, 11) is -1.04. The van der Waals surface area contributed by atoms with E-state index in [4.69, 9.17) is 17.3 Å². The van der Waals surface area contributed by atoms with Crippen molar-refractivity contribution in [1.29, 1.82) is 0 Å². The van der Waals surface area contributed by atoms with Gasteiger partial charge < -0.3 is 10.3 Å². The Hall–Kier alpha value is -1.59. The van der Waals surface area contributed by atoms with Gasteiger partial charge in [-0.2, -0.15) is 0 Å². The number of aryl methyl sites for hydroxylation is 1. The molecule has 0 fully saturated rings. The van der Waals surface area contributed by atoms with Crippen LogP contribution in [0, 0.1) is 0 Å². The number of nitrogens with two attached hydrogens (primary N) is 1. The molecular weight excluding hydrogens is 296 g/mol. The van der Waals surface area contributed by atoms with Crippen LogP contribution < -0.4 is 11.3 Å². The van der Waals surface area contributed by atoms with Crippen molar-refractivity contribution in [2.24, 2.45) is 0 Å². The number of pyridine rings is 1. The summed E-state index contributed by atoms with van der Waals surface area (Å²) in [5, 5.41) is 0.658. The van der Waals surface area contributed by atoms with E-state index in [9.17, 15) is 9.00 Å². The molecule has 2 N–H and O–H groups in total. The first-order chi connectivity index (χ1) is 9.54. The molecule has 0 radical (unpaired) electrons. The average molecular weight is 311 g/mol. The van der Waals surface area contributed by atoms with Gasteiger partial charge in [-0.15, -0.1) is 0 Å². The maximum atomic E-state index is 12.0. The Balaban J connectivity index is 1.93. The SMILES string of the molecule is Nc1ccc(=O)n(CCS(=O)Cc2ccc(Cl)cc2)c1. The van der Waals surface area contributed by atoms with E-state index in [2.05, 4.69) is 0 Å². The first-order valence-corrected chi connectivity index (χ1v) is 7.96. The third-order valence-corrected chi connectivity index (χ3v) is 4.35. The van der Waals surface area contributed by atoms with Crippen molar-refractivity contribution < 1.29 is 4.21 Å². The molecule has 1 atom stereocenters. The van der Waals surface area contributed by atoms with Crippen molar-refractivity contribution in [2.75, 3.05) is 11.5 Å². The third kappa shape index (κ3) is 4.21. The van der Waals surface area contributed by atoms with Gasteiger partial charge >= 0.3 is 0 Å². The Morgan fingerprint density at radius 3 is 2.55 bits per heavy atom. The summed E-state index contributed by atoms with van der Waals surface area (Å²) in [6.45, 7) is 0.393. The van der Waals surface area contributed by atoms with Gasteiger partial charge in [0.15, 0.2) is 0 Å². The van der Waals surface area contributed by atoms with E-state index in [1.807, 2.05) is 12.1 Å². The molecule has 0 spiro atoms. The molecule has 0 bridgehead atoms. The minimum atomic E-state index is -1.04. The molecular formula is C14H15ClN2O2S. The molecule has 4 nitrogen and oxygen atoms in total. The fourth-order valence-electron chi connectivity index (χ4n) is 1.76. The van der Waals surface area contributed by atoms with Gasteiger partial charge in [-0.05, 0) is 23.8 Å². The molecule has 0 aliphatic carbocycles. The Labute approximate surface area is 124 Å². The van der Waals surface area contributed by atoms with E-state index in [1.165, 1.54) is 10.6 Å². The quantitative estimate of drug-likeness (QED) is 0.919. The fourth-order valence-corrected chi connectivity index (χ4v) is 3.00. The number of hydrogen-bond acceptors (Lipinski definition) is 3. The summed E-state index contributed by atoms with van der Waals surface area (Å²) in [4.78, 5) is 11.6. The predicted octanol–water partition coefficient (Wildman–Crippen LogP) is 2.03. The van der Waals surface area contributed by atoms with E-state index >= 15 is 0 Å². The molecule has 106 valence electrons. The molecule has 20 heavy (non-hydrogen) atoms. The molecule has 2 rings (SSSR count). The van der Waals surface area contributed by atoms with Gasteiger partial charge in [-0.3, -0.25) is 9.00 Å². The maximum absolute atomic E-state index is 12.0. The van der Waals surface area contributed by atoms with Gasteiger partial charge in [0.05, 0.1) is 0 Å². The van der Waals surface area contributed by atoms with Crippen molar-refractivity contribution in [2.45, 2.75) is 12.3 Å². The number of hydrogen-bond donors (Lipinski definition) is 1. The largest absolute Gasteiger partial charge is 0.398 e. The summed E-state index contributed by atoms with van der Waals surface area (Å²) >= 11 is 5.80. The Morgan fingerprint density at radius 1 is 1.15 bits per heavy atom. The van der Waals surface area contributed by atoms with Crippen LogP contribution in [0.5, 0.6) is 0 Å². The Morgan fingerprint density at radius 2 is 1.85 bits per heavy atom. The summed E-state index contributed by atoms with van der Waals surface area (Å²) in [5.74, 6) is 0.861. The van der Waals surface area contributed by atoms with Gasteiger partial charge in [0.25, 0.3) is 5.56 Å². The summed E-state index contributed by atoms with van der Waals surface area (Å²) < 4.78 is 13.5. The summed E-state index contributed by atoms with van der Waals surface area (Å²) in [6, 6.07) is 10.2. The van der Waals surface area contributed by atoms with E-state index in [1.54, 1.807) is 24.4 Å². The van der Waals surface area contributed by atoms with E-state index in [-0.39, 0.29) is 5.56 Å². The molecule has 0 aliphatic rings. The number of benzene rings is 1. The molecule has 0 aliphatic heterocycles. The normalized spacial score (nSPS) is 12.2. The number of anilines is 1. The molecule has 1 heterocycles. The van der Waals surface area contributed by atoms with Crippen LogP contribution >= 0.6 is 11.6 Å². The maximum Gasteiger partial charge on any atom is 0.250 e. The fraction of sp³-hybridized carbons (Fsp3) is 0.214. The van der Waals surface area contributed by atoms with Crippen LogP contribution in [0.25, 0.3) is 0 Å². The molecule has 1 aromatic carbocycles. The summed E-state index contributed by atoms with van der Waals surface area (Å²) in [6.07, 6.45) is 1.57. The van der Waals surface area contributed by atoms with Crippen LogP contribution in [0.2, 0.25) is 5.02 Å². The number of nitrogen functional groups attached to an aromatic ring is 1. The first kappa shape index (κ1) is 14.8. The minimum Gasteiger partial charge on any atom is -0.398 e. The van der Waals surface area contributed by atoms with E-state index < -0.39 is 10.8 Å². The van der Waals surface area contributed by atoms with Gasteiger partial charge in [-0.1, -0.05) is 23.7 Å². The molecule has 2 aromatic rings. The highest BCUT2D eigenvalue weighted by atomic mass is 35.5. The van der Waals surface area contributed by atoms with Gasteiger partial charge in [0, 0.05) is 51.8 Å². The van der Waals surface area contributed by atoms with Crippen molar-refractivity contribution >= 4 is 28.1 Å². The lowest BCUT2D eigenvalue weighted by Crippen LogP contribution is -2.22. The first-order valence-electron chi connectivity index (χ1n) is 6.10. The number of aromatic nitrogens is 1. The van der Waals surface area contributed by atoms with E-state index in [0.717, 1.165) is 5.56 Å². The second-order valence-corrected chi connectivity index (χ2v) is 6.42.